The minimum atomic E-state index is -0.279. The summed E-state index contributed by atoms with van der Waals surface area (Å²) in [7, 11) is 0. The number of amides is 2. The standard InChI is InChI=1S/C27H29N3O2/c31-25(28-29-26(32)27-14-19-10-20(15-27)12-21(11-19)16-27)24-13-22-8-4-5-9-23(22)30(24)17-18-6-2-1-3-7-18/h1-9,13,19-21H,10-12,14-17H2,(H,28,31)(H,29,32). The van der Waals surface area contributed by atoms with Crippen LogP contribution in [0, 0.1) is 23.2 Å². The molecule has 4 bridgehead atoms. The first-order valence-corrected chi connectivity index (χ1v) is 11.8. The number of nitrogens with zero attached hydrogens (tertiary/aromatic N) is 1. The summed E-state index contributed by atoms with van der Waals surface area (Å²) >= 11 is 0. The lowest BCUT2D eigenvalue weighted by molar-refractivity contribution is -0.147. The Morgan fingerprint density at radius 1 is 0.844 bits per heavy atom. The molecule has 4 aliphatic rings. The quantitative estimate of drug-likeness (QED) is 0.595. The van der Waals surface area contributed by atoms with Gasteiger partial charge >= 0.3 is 0 Å². The number of hydrazine groups is 1. The molecule has 2 aromatic carbocycles. The molecule has 7 rings (SSSR count). The summed E-state index contributed by atoms with van der Waals surface area (Å²) in [6, 6.07) is 20.0. The van der Waals surface area contributed by atoms with Crippen molar-refractivity contribution in [2.24, 2.45) is 23.2 Å². The van der Waals surface area contributed by atoms with Gasteiger partial charge in [-0.1, -0.05) is 48.5 Å². The van der Waals surface area contributed by atoms with Crippen LogP contribution in [0.2, 0.25) is 0 Å². The Labute approximate surface area is 188 Å². The first-order chi connectivity index (χ1) is 15.6. The van der Waals surface area contributed by atoms with E-state index in [1.807, 2.05) is 53.1 Å². The van der Waals surface area contributed by atoms with Crippen LogP contribution in [0.25, 0.3) is 10.9 Å². The Bertz CT molecular complexity index is 1140. The molecule has 0 saturated heterocycles. The van der Waals surface area contributed by atoms with E-state index < -0.39 is 0 Å². The van der Waals surface area contributed by atoms with Gasteiger partial charge in [0.25, 0.3) is 5.91 Å². The van der Waals surface area contributed by atoms with E-state index in [2.05, 4.69) is 23.0 Å². The lowest BCUT2D eigenvalue weighted by atomic mass is 9.49. The summed E-state index contributed by atoms with van der Waals surface area (Å²) in [5.41, 5.74) is 7.98. The SMILES string of the molecule is O=C(NNC(=O)C12CC3CC(CC(C3)C1)C2)c1cc2ccccc2n1Cc1ccccc1. The molecule has 32 heavy (non-hydrogen) atoms. The normalized spacial score (nSPS) is 28.1. The number of hydrogen-bond donors (Lipinski definition) is 2. The second-order valence-electron chi connectivity index (χ2n) is 10.3. The van der Waals surface area contributed by atoms with Crippen LogP contribution in [0.5, 0.6) is 0 Å². The van der Waals surface area contributed by atoms with Gasteiger partial charge in [-0.2, -0.15) is 0 Å². The molecule has 2 N–H and O–H groups in total. The maximum absolute atomic E-state index is 13.2. The monoisotopic (exact) mass is 427 g/mol. The predicted molar refractivity (Wildman–Crippen MR) is 124 cm³/mol. The average molecular weight is 428 g/mol. The van der Waals surface area contributed by atoms with Crippen molar-refractivity contribution in [3.8, 4) is 0 Å². The van der Waals surface area contributed by atoms with Crippen LogP contribution in [0.4, 0.5) is 0 Å². The number of nitrogens with one attached hydrogen (secondary N) is 2. The molecule has 2 amide bonds. The van der Waals surface area contributed by atoms with Gasteiger partial charge in [0.2, 0.25) is 5.91 Å². The zero-order valence-corrected chi connectivity index (χ0v) is 18.2. The van der Waals surface area contributed by atoms with Crippen molar-refractivity contribution in [2.45, 2.75) is 45.1 Å². The highest BCUT2D eigenvalue weighted by Crippen LogP contribution is 2.60. The second-order valence-corrected chi connectivity index (χ2v) is 10.3. The summed E-state index contributed by atoms with van der Waals surface area (Å²) in [4.78, 5) is 26.5. The molecule has 164 valence electrons. The highest BCUT2D eigenvalue weighted by Gasteiger charge is 2.54. The third kappa shape index (κ3) is 3.31. The Kier molecular flexibility index (Phi) is 4.60. The van der Waals surface area contributed by atoms with Crippen LogP contribution in [-0.2, 0) is 11.3 Å². The number of para-hydroxylation sites is 1. The van der Waals surface area contributed by atoms with E-state index in [9.17, 15) is 9.59 Å². The summed E-state index contributed by atoms with van der Waals surface area (Å²) in [5, 5.41) is 1.01. The largest absolute Gasteiger partial charge is 0.332 e. The van der Waals surface area contributed by atoms with Crippen molar-refractivity contribution < 1.29 is 9.59 Å². The molecule has 0 radical (unpaired) electrons. The first-order valence-electron chi connectivity index (χ1n) is 11.8. The van der Waals surface area contributed by atoms with Crippen LogP contribution in [0.3, 0.4) is 0 Å². The van der Waals surface area contributed by atoms with Gasteiger partial charge in [0.15, 0.2) is 0 Å². The summed E-state index contributed by atoms with van der Waals surface area (Å²) in [6.45, 7) is 0.597. The molecular formula is C27H29N3O2. The number of rotatable bonds is 4. The predicted octanol–water partition coefficient (Wildman–Crippen LogP) is 4.67. The van der Waals surface area contributed by atoms with Crippen molar-refractivity contribution >= 4 is 22.7 Å². The molecule has 0 aliphatic heterocycles. The molecule has 4 fully saturated rings. The van der Waals surface area contributed by atoms with Crippen molar-refractivity contribution in [3.63, 3.8) is 0 Å². The maximum Gasteiger partial charge on any atom is 0.286 e. The number of carbonyl (C=O) groups excluding carboxylic acids is 2. The molecule has 1 heterocycles. The number of fused-ring (bicyclic) bond motifs is 1. The number of carbonyl (C=O) groups is 2. The van der Waals surface area contributed by atoms with Crippen molar-refractivity contribution in [3.05, 3.63) is 71.9 Å². The van der Waals surface area contributed by atoms with Crippen LogP contribution in [0.1, 0.15) is 54.6 Å². The summed E-state index contributed by atoms with van der Waals surface area (Å²) in [6.07, 6.45) is 6.81. The van der Waals surface area contributed by atoms with E-state index in [0.29, 0.717) is 30.0 Å². The van der Waals surface area contributed by atoms with E-state index in [1.165, 1.54) is 19.3 Å². The van der Waals surface area contributed by atoms with Gasteiger partial charge in [0, 0.05) is 17.4 Å². The van der Waals surface area contributed by atoms with E-state index >= 15 is 0 Å². The zero-order chi connectivity index (χ0) is 21.7. The van der Waals surface area contributed by atoms with Crippen LogP contribution in [-0.4, -0.2) is 16.4 Å². The third-order valence-electron chi connectivity index (χ3n) is 8.04. The molecule has 0 unspecified atom stereocenters. The smallest absolute Gasteiger partial charge is 0.286 e. The fourth-order valence-electron chi connectivity index (χ4n) is 7.03. The molecule has 0 spiro atoms. The minimum Gasteiger partial charge on any atom is -0.332 e. The van der Waals surface area contributed by atoms with Crippen molar-refractivity contribution in [1.29, 1.82) is 0 Å². The maximum atomic E-state index is 13.2. The average Bonchev–Trinajstić information content (AvgIpc) is 3.15. The molecule has 1 aromatic heterocycles. The van der Waals surface area contributed by atoms with Crippen molar-refractivity contribution in [1.82, 2.24) is 15.4 Å². The Morgan fingerprint density at radius 2 is 1.47 bits per heavy atom. The molecule has 3 aromatic rings. The molecule has 5 nitrogen and oxygen atoms in total. The summed E-state index contributed by atoms with van der Waals surface area (Å²) < 4.78 is 2.02. The van der Waals surface area contributed by atoms with Crippen LogP contribution in [0.15, 0.2) is 60.7 Å². The van der Waals surface area contributed by atoms with E-state index in [0.717, 1.165) is 35.7 Å². The van der Waals surface area contributed by atoms with Gasteiger partial charge in [-0.05, 0) is 74.0 Å². The van der Waals surface area contributed by atoms with Gasteiger partial charge in [0.05, 0.1) is 5.41 Å². The van der Waals surface area contributed by atoms with Crippen molar-refractivity contribution in [2.75, 3.05) is 0 Å². The van der Waals surface area contributed by atoms with Crippen LogP contribution < -0.4 is 10.9 Å². The topological polar surface area (TPSA) is 63.1 Å². The van der Waals surface area contributed by atoms with Gasteiger partial charge in [-0.3, -0.25) is 20.4 Å². The number of aromatic nitrogens is 1. The molecule has 4 saturated carbocycles. The second kappa shape index (κ2) is 7.51. The lowest BCUT2D eigenvalue weighted by Crippen LogP contribution is -2.56. The highest BCUT2D eigenvalue weighted by molar-refractivity contribution is 5.99. The molecule has 0 atom stereocenters. The fourth-order valence-corrected chi connectivity index (χ4v) is 7.03. The Hall–Kier alpha value is -3.08. The van der Waals surface area contributed by atoms with E-state index in [1.54, 1.807) is 0 Å². The van der Waals surface area contributed by atoms with Gasteiger partial charge < -0.3 is 4.57 Å². The third-order valence-corrected chi connectivity index (χ3v) is 8.04. The van der Waals surface area contributed by atoms with E-state index in [4.69, 9.17) is 0 Å². The Balaban J connectivity index is 1.22. The highest BCUT2D eigenvalue weighted by atomic mass is 16.2. The molecule has 5 heteroatoms. The molecular weight excluding hydrogens is 398 g/mol. The Morgan fingerprint density at radius 3 is 2.16 bits per heavy atom. The fraction of sp³-hybridized carbons (Fsp3) is 0.407. The molecule has 4 aliphatic carbocycles. The van der Waals surface area contributed by atoms with Gasteiger partial charge in [-0.25, -0.2) is 0 Å². The van der Waals surface area contributed by atoms with Gasteiger partial charge in [0.1, 0.15) is 5.69 Å². The first kappa shape index (κ1) is 19.6. The summed E-state index contributed by atoms with van der Waals surface area (Å²) in [5.74, 6) is 1.81. The zero-order valence-electron chi connectivity index (χ0n) is 18.2. The van der Waals surface area contributed by atoms with Crippen LogP contribution >= 0.6 is 0 Å². The van der Waals surface area contributed by atoms with E-state index in [-0.39, 0.29) is 17.2 Å². The van der Waals surface area contributed by atoms with Gasteiger partial charge in [-0.15, -0.1) is 0 Å². The minimum absolute atomic E-state index is 0.00988. The number of benzene rings is 2. The lowest BCUT2D eigenvalue weighted by Gasteiger charge is -2.55. The number of hydrogen-bond acceptors (Lipinski definition) is 2.